The fourth-order valence-corrected chi connectivity index (χ4v) is 2.39. The Labute approximate surface area is 133 Å². The van der Waals surface area contributed by atoms with E-state index in [4.69, 9.17) is 0 Å². The first kappa shape index (κ1) is 15.8. The first-order valence-corrected chi connectivity index (χ1v) is 7.59. The maximum Gasteiger partial charge on any atom is -0.00196 e. The van der Waals surface area contributed by atoms with Crippen molar-refractivity contribution in [1.29, 1.82) is 0 Å². The first-order valence-electron chi connectivity index (χ1n) is 7.59. The Morgan fingerprint density at radius 1 is 0.727 bits per heavy atom. The highest BCUT2D eigenvalue weighted by atomic mass is 14.1. The van der Waals surface area contributed by atoms with Crippen LogP contribution in [0.15, 0.2) is 97.6 Å². The number of hydrogen-bond donors (Lipinski definition) is 0. The van der Waals surface area contributed by atoms with E-state index in [2.05, 4.69) is 91.5 Å². The second-order valence-electron chi connectivity index (χ2n) is 5.09. The first-order chi connectivity index (χ1) is 10.8. The van der Waals surface area contributed by atoms with E-state index in [1.807, 2.05) is 6.92 Å². The summed E-state index contributed by atoms with van der Waals surface area (Å²) in [5.41, 5.74) is 5.34. The van der Waals surface area contributed by atoms with E-state index in [1.54, 1.807) is 6.08 Å². The van der Waals surface area contributed by atoms with E-state index in [-0.39, 0.29) is 0 Å². The summed E-state index contributed by atoms with van der Waals surface area (Å²) in [6.45, 7) is 5.25. The molecule has 0 unspecified atom stereocenters. The van der Waals surface area contributed by atoms with Crippen LogP contribution in [0.5, 0.6) is 0 Å². The zero-order valence-corrected chi connectivity index (χ0v) is 13.1. The highest BCUT2D eigenvalue weighted by Gasteiger charge is 2.04. The van der Waals surface area contributed by atoms with Gasteiger partial charge in [-0.25, -0.2) is 0 Å². The third kappa shape index (κ3) is 4.46. The average Bonchev–Trinajstić information content (AvgIpc) is 2.58. The van der Waals surface area contributed by atoms with Gasteiger partial charge in [0.2, 0.25) is 0 Å². The summed E-state index contributed by atoms with van der Waals surface area (Å²) in [6, 6.07) is 29.8. The molecule has 3 aromatic rings. The van der Waals surface area contributed by atoms with Crippen LogP contribution in [0.3, 0.4) is 0 Å². The molecule has 0 atom stereocenters. The molecule has 3 aromatic carbocycles. The van der Waals surface area contributed by atoms with Crippen molar-refractivity contribution in [2.45, 2.75) is 13.3 Å². The second-order valence-corrected chi connectivity index (χ2v) is 5.09. The van der Waals surface area contributed by atoms with Gasteiger partial charge in [-0.05, 0) is 35.6 Å². The molecule has 0 spiro atoms. The largest absolute Gasteiger partial charge is 0.103 e. The molecule has 0 radical (unpaired) electrons. The molecule has 0 N–H and O–H groups in total. The van der Waals surface area contributed by atoms with Crippen molar-refractivity contribution in [2.24, 2.45) is 0 Å². The quantitative estimate of drug-likeness (QED) is 0.507. The molecule has 0 aromatic heterocycles. The van der Waals surface area contributed by atoms with Gasteiger partial charge in [0, 0.05) is 0 Å². The Hall–Kier alpha value is -2.60. The maximum atomic E-state index is 3.36. The van der Waals surface area contributed by atoms with Gasteiger partial charge < -0.3 is 0 Å². The number of allylic oxidation sites excluding steroid dienone is 1. The third-order valence-electron chi connectivity index (χ3n) is 3.34. The fraction of sp³-hybridized carbons (Fsp3) is 0.0909. The van der Waals surface area contributed by atoms with E-state index in [0.717, 1.165) is 6.42 Å². The lowest BCUT2D eigenvalue weighted by molar-refractivity contribution is 1.19. The lowest BCUT2D eigenvalue weighted by Crippen LogP contribution is -1.91. The predicted octanol–water partition coefficient (Wildman–Crippen LogP) is 6.14. The SMILES string of the molecule is C=CC.c1ccc(Cc2ccccc2-c2ccccc2)cc1. The molecule has 0 nitrogen and oxygen atoms in total. The van der Waals surface area contributed by atoms with Gasteiger partial charge in [-0.3, -0.25) is 0 Å². The normalized spacial score (nSPS) is 9.50. The molecule has 0 heterocycles. The van der Waals surface area contributed by atoms with Gasteiger partial charge in [0.15, 0.2) is 0 Å². The van der Waals surface area contributed by atoms with Crippen molar-refractivity contribution in [3.8, 4) is 11.1 Å². The monoisotopic (exact) mass is 286 g/mol. The highest BCUT2D eigenvalue weighted by Crippen LogP contribution is 2.25. The Balaban J connectivity index is 0.000000545. The van der Waals surface area contributed by atoms with Crippen LogP contribution in [0, 0.1) is 0 Å². The summed E-state index contributed by atoms with van der Waals surface area (Å²) < 4.78 is 0. The molecular formula is C22H22. The molecule has 0 saturated carbocycles. The lowest BCUT2D eigenvalue weighted by atomic mass is 9.95. The Bertz CT molecular complexity index is 681. The molecule has 0 aliphatic carbocycles. The van der Waals surface area contributed by atoms with Crippen LogP contribution >= 0.6 is 0 Å². The Kier molecular flexibility index (Phi) is 6.19. The van der Waals surface area contributed by atoms with Crippen molar-refractivity contribution in [2.75, 3.05) is 0 Å². The van der Waals surface area contributed by atoms with Crippen molar-refractivity contribution in [3.63, 3.8) is 0 Å². The van der Waals surface area contributed by atoms with E-state index < -0.39 is 0 Å². The van der Waals surface area contributed by atoms with Gasteiger partial charge in [-0.2, -0.15) is 0 Å². The number of hydrogen-bond acceptors (Lipinski definition) is 0. The van der Waals surface area contributed by atoms with Crippen molar-refractivity contribution < 1.29 is 0 Å². The minimum absolute atomic E-state index is 0.978. The van der Waals surface area contributed by atoms with Crippen LogP contribution in [0.25, 0.3) is 11.1 Å². The topological polar surface area (TPSA) is 0 Å². The molecular weight excluding hydrogens is 264 g/mol. The average molecular weight is 286 g/mol. The molecule has 0 aliphatic rings. The van der Waals surface area contributed by atoms with Gasteiger partial charge in [-0.1, -0.05) is 91.0 Å². The van der Waals surface area contributed by atoms with Crippen LogP contribution < -0.4 is 0 Å². The molecule has 0 heteroatoms. The molecule has 22 heavy (non-hydrogen) atoms. The zero-order chi connectivity index (χ0) is 15.6. The van der Waals surface area contributed by atoms with Crippen molar-refractivity contribution in [3.05, 3.63) is 109 Å². The van der Waals surface area contributed by atoms with Crippen LogP contribution in [0.1, 0.15) is 18.1 Å². The third-order valence-corrected chi connectivity index (χ3v) is 3.34. The van der Waals surface area contributed by atoms with E-state index in [1.165, 1.54) is 22.3 Å². The van der Waals surface area contributed by atoms with Crippen LogP contribution in [-0.4, -0.2) is 0 Å². The maximum absolute atomic E-state index is 3.36. The standard InChI is InChI=1S/C19H16.C3H6/c1-3-9-16(10-4-1)15-18-13-7-8-14-19(18)17-11-5-2-6-12-17;1-3-2/h1-14H,15H2;3H,1H2,2H3. The predicted molar refractivity (Wildman–Crippen MR) is 97.0 cm³/mol. The minimum atomic E-state index is 0.978. The molecule has 110 valence electrons. The molecule has 0 aliphatic heterocycles. The molecule has 0 bridgehead atoms. The van der Waals surface area contributed by atoms with Gasteiger partial charge in [0.05, 0.1) is 0 Å². The van der Waals surface area contributed by atoms with Gasteiger partial charge >= 0.3 is 0 Å². The summed E-state index contributed by atoms with van der Waals surface area (Å²) in [7, 11) is 0. The summed E-state index contributed by atoms with van der Waals surface area (Å²) in [4.78, 5) is 0. The van der Waals surface area contributed by atoms with Crippen LogP contribution in [0.2, 0.25) is 0 Å². The van der Waals surface area contributed by atoms with Gasteiger partial charge in [0.25, 0.3) is 0 Å². The number of rotatable bonds is 3. The Morgan fingerprint density at radius 2 is 1.23 bits per heavy atom. The lowest BCUT2D eigenvalue weighted by Gasteiger charge is -2.09. The van der Waals surface area contributed by atoms with Crippen molar-refractivity contribution >= 4 is 0 Å². The van der Waals surface area contributed by atoms with Gasteiger partial charge in [-0.15, -0.1) is 6.58 Å². The summed E-state index contributed by atoms with van der Waals surface area (Å²) in [5, 5.41) is 0. The minimum Gasteiger partial charge on any atom is -0.103 e. The molecule has 0 amide bonds. The summed E-state index contributed by atoms with van der Waals surface area (Å²) in [6.07, 6.45) is 2.73. The fourth-order valence-electron chi connectivity index (χ4n) is 2.39. The van der Waals surface area contributed by atoms with Gasteiger partial charge in [0.1, 0.15) is 0 Å². The molecule has 3 rings (SSSR count). The van der Waals surface area contributed by atoms with E-state index in [9.17, 15) is 0 Å². The molecule has 0 saturated heterocycles. The zero-order valence-electron chi connectivity index (χ0n) is 13.1. The van der Waals surface area contributed by atoms with Crippen LogP contribution in [0.4, 0.5) is 0 Å². The number of benzene rings is 3. The summed E-state index contributed by atoms with van der Waals surface area (Å²) in [5.74, 6) is 0. The highest BCUT2D eigenvalue weighted by molar-refractivity contribution is 5.67. The van der Waals surface area contributed by atoms with E-state index >= 15 is 0 Å². The smallest absolute Gasteiger partial charge is 0.00196 e. The summed E-state index contributed by atoms with van der Waals surface area (Å²) >= 11 is 0. The second kappa shape index (κ2) is 8.63. The van der Waals surface area contributed by atoms with Crippen LogP contribution in [-0.2, 0) is 6.42 Å². The van der Waals surface area contributed by atoms with E-state index in [0.29, 0.717) is 0 Å². The molecule has 0 fully saturated rings. The van der Waals surface area contributed by atoms with Crippen molar-refractivity contribution in [1.82, 2.24) is 0 Å². The Morgan fingerprint density at radius 3 is 1.86 bits per heavy atom.